The molecule has 0 fully saturated rings. The van der Waals surface area contributed by atoms with E-state index in [1.807, 2.05) is 0 Å². The highest BCUT2D eigenvalue weighted by atomic mass is 32.1. The predicted molar refractivity (Wildman–Crippen MR) is 145 cm³/mol. The minimum Gasteiger partial charge on any atom is -0.385 e. The number of hydrogen-bond donors (Lipinski definition) is 2. The lowest BCUT2D eigenvalue weighted by molar-refractivity contribution is -0.202. The van der Waals surface area contributed by atoms with E-state index in [-0.39, 0.29) is 33.2 Å². The van der Waals surface area contributed by atoms with Crippen molar-refractivity contribution in [3.05, 3.63) is 71.7 Å². The van der Waals surface area contributed by atoms with Gasteiger partial charge in [0.1, 0.15) is 11.9 Å². The van der Waals surface area contributed by atoms with E-state index in [2.05, 4.69) is 25.3 Å². The molecule has 0 aliphatic heterocycles. The van der Waals surface area contributed by atoms with Gasteiger partial charge in [-0.15, -0.1) is 0 Å². The summed E-state index contributed by atoms with van der Waals surface area (Å²) in [5.74, 6) is -6.45. The molecular formula is C28H21F7N4O4S. The maximum absolute atomic E-state index is 14.9. The number of rotatable bonds is 8. The van der Waals surface area contributed by atoms with Gasteiger partial charge in [-0.05, 0) is 47.4 Å². The number of benzene rings is 2. The molecule has 2 aromatic heterocycles. The van der Waals surface area contributed by atoms with Gasteiger partial charge in [0.05, 0.1) is 16.0 Å². The van der Waals surface area contributed by atoms with Crippen molar-refractivity contribution in [2.75, 3.05) is 5.32 Å². The molecule has 8 nitrogen and oxygen atoms in total. The Morgan fingerprint density at radius 1 is 0.977 bits per heavy atom. The number of thiazole rings is 1. The van der Waals surface area contributed by atoms with Crippen LogP contribution in [-0.2, 0) is 20.5 Å². The van der Waals surface area contributed by atoms with Crippen molar-refractivity contribution in [3.8, 4) is 11.1 Å². The molecule has 0 aliphatic rings. The van der Waals surface area contributed by atoms with Crippen molar-refractivity contribution >= 4 is 50.3 Å². The summed E-state index contributed by atoms with van der Waals surface area (Å²) in [7, 11) is 0. The zero-order valence-corrected chi connectivity index (χ0v) is 23.5. The van der Waals surface area contributed by atoms with Crippen molar-refractivity contribution in [2.45, 2.75) is 38.7 Å². The summed E-state index contributed by atoms with van der Waals surface area (Å²) in [4.78, 5) is 43.9. The summed E-state index contributed by atoms with van der Waals surface area (Å²) in [6.45, 7) is 3.11. The molecule has 0 aliphatic carbocycles. The number of ether oxygens (including phenoxy) is 1. The SMILES string of the molecule is CC[C@H](C)[C@H](NC(=O)c1ccc(-c2ccc(Nc3nc4ncc(C(F)(F)F)cc4s3)c(F)c2)cc1)C(=O)OC(=O)C(F)(F)F. The second-order valence-electron chi connectivity index (χ2n) is 9.50. The first-order valence-corrected chi connectivity index (χ1v) is 13.5. The van der Waals surface area contributed by atoms with Gasteiger partial charge in [0, 0.05) is 11.8 Å². The molecule has 0 saturated carbocycles. The van der Waals surface area contributed by atoms with E-state index < -0.39 is 53.5 Å². The number of carbonyl (C=O) groups is 3. The predicted octanol–water partition coefficient (Wildman–Crippen LogP) is 7.04. The fourth-order valence-corrected chi connectivity index (χ4v) is 4.74. The number of aromatic nitrogens is 2. The molecule has 0 saturated heterocycles. The fraction of sp³-hybridized carbons (Fsp3) is 0.250. The summed E-state index contributed by atoms with van der Waals surface area (Å²) >= 11 is 0.864. The number of carbonyl (C=O) groups excluding carboxylic acids is 3. The average molecular weight is 643 g/mol. The highest BCUT2D eigenvalue weighted by Gasteiger charge is 2.44. The van der Waals surface area contributed by atoms with Crippen molar-refractivity contribution in [1.82, 2.24) is 15.3 Å². The molecule has 0 spiro atoms. The lowest BCUT2D eigenvalue weighted by atomic mass is 9.98. The Kier molecular flexibility index (Phi) is 9.22. The van der Waals surface area contributed by atoms with Gasteiger partial charge < -0.3 is 15.4 Å². The Morgan fingerprint density at radius 2 is 1.64 bits per heavy atom. The minimum absolute atomic E-state index is 0.00757. The zero-order chi connectivity index (χ0) is 32.4. The summed E-state index contributed by atoms with van der Waals surface area (Å²) in [6.07, 6.45) is -9.03. The third-order valence-electron chi connectivity index (χ3n) is 6.44. The van der Waals surface area contributed by atoms with Crippen molar-refractivity contribution in [1.29, 1.82) is 0 Å². The van der Waals surface area contributed by atoms with Gasteiger partial charge in [0.15, 0.2) is 10.8 Å². The topological polar surface area (TPSA) is 110 Å². The van der Waals surface area contributed by atoms with E-state index in [9.17, 15) is 45.1 Å². The molecule has 2 heterocycles. The van der Waals surface area contributed by atoms with Crippen LogP contribution in [0.3, 0.4) is 0 Å². The molecule has 16 heteroatoms. The number of esters is 2. The number of pyridine rings is 1. The highest BCUT2D eigenvalue weighted by Crippen LogP contribution is 2.35. The van der Waals surface area contributed by atoms with Crippen LogP contribution >= 0.6 is 11.3 Å². The standard InChI is InChI=1S/C28H21F7N4O4S/c1-3-13(2)21(24(41)43-25(42)28(33,34)35)38-23(40)15-6-4-14(5-7-15)16-8-9-19(18(29)10-16)37-26-39-22-20(44-26)11-17(12-36-22)27(30,31)32/h4-13,21H,3H2,1-2H3,(H,38,40)(H,36,37,39)/t13-,21-/m0/s1. The quantitative estimate of drug-likeness (QED) is 0.121. The molecule has 44 heavy (non-hydrogen) atoms. The number of fused-ring (bicyclic) bond motifs is 1. The average Bonchev–Trinajstić information content (AvgIpc) is 3.37. The van der Waals surface area contributed by atoms with Crippen LogP contribution < -0.4 is 10.6 Å². The Hall–Kier alpha value is -4.60. The number of alkyl halides is 6. The van der Waals surface area contributed by atoms with Crippen LogP contribution in [0, 0.1) is 11.7 Å². The van der Waals surface area contributed by atoms with E-state index >= 15 is 0 Å². The van der Waals surface area contributed by atoms with Gasteiger partial charge in [-0.2, -0.15) is 31.3 Å². The Balaban J connectivity index is 1.45. The van der Waals surface area contributed by atoms with Crippen LogP contribution in [0.15, 0.2) is 54.7 Å². The fourth-order valence-electron chi connectivity index (χ4n) is 3.86. The van der Waals surface area contributed by atoms with Crippen LogP contribution in [0.25, 0.3) is 21.5 Å². The molecule has 2 aromatic carbocycles. The third-order valence-corrected chi connectivity index (χ3v) is 7.35. The number of nitrogens with one attached hydrogen (secondary N) is 2. The molecule has 0 unspecified atom stereocenters. The van der Waals surface area contributed by atoms with Crippen LogP contribution in [0.4, 0.5) is 41.6 Å². The van der Waals surface area contributed by atoms with Crippen LogP contribution in [0.5, 0.6) is 0 Å². The van der Waals surface area contributed by atoms with Gasteiger partial charge in [-0.3, -0.25) is 4.79 Å². The molecule has 0 radical (unpaired) electrons. The largest absolute Gasteiger partial charge is 0.491 e. The van der Waals surface area contributed by atoms with Crippen LogP contribution in [0.2, 0.25) is 0 Å². The lowest BCUT2D eigenvalue weighted by Crippen LogP contribution is -2.47. The second kappa shape index (κ2) is 12.6. The number of anilines is 2. The normalized spacial score (nSPS) is 13.3. The molecule has 232 valence electrons. The first-order valence-electron chi connectivity index (χ1n) is 12.7. The third kappa shape index (κ3) is 7.48. The minimum atomic E-state index is -5.39. The Morgan fingerprint density at radius 3 is 2.23 bits per heavy atom. The van der Waals surface area contributed by atoms with Gasteiger partial charge >= 0.3 is 24.3 Å². The number of nitrogens with zero attached hydrogens (tertiary/aromatic N) is 2. The smallest absolute Gasteiger partial charge is 0.385 e. The first-order chi connectivity index (χ1) is 20.6. The molecular weight excluding hydrogens is 621 g/mol. The van der Waals surface area contributed by atoms with Crippen molar-refractivity contribution < 1.29 is 49.9 Å². The van der Waals surface area contributed by atoms with E-state index in [0.717, 1.165) is 17.4 Å². The zero-order valence-electron chi connectivity index (χ0n) is 22.6. The summed E-state index contributed by atoms with van der Waals surface area (Å²) < 4.78 is 95.4. The maximum Gasteiger partial charge on any atom is 0.491 e. The van der Waals surface area contributed by atoms with E-state index in [1.165, 1.54) is 43.3 Å². The monoisotopic (exact) mass is 642 g/mol. The highest BCUT2D eigenvalue weighted by molar-refractivity contribution is 7.22. The number of amides is 1. The summed E-state index contributed by atoms with van der Waals surface area (Å²) in [5, 5.41) is 5.14. The van der Waals surface area contributed by atoms with Crippen molar-refractivity contribution in [2.24, 2.45) is 5.92 Å². The van der Waals surface area contributed by atoms with E-state index in [0.29, 0.717) is 17.3 Å². The first kappa shape index (κ1) is 32.3. The Labute approximate surface area is 248 Å². The summed E-state index contributed by atoms with van der Waals surface area (Å²) in [6, 6.07) is 9.10. The van der Waals surface area contributed by atoms with E-state index in [1.54, 1.807) is 13.0 Å². The van der Waals surface area contributed by atoms with Gasteiger partial charge in [0.2, 0.25) is 0 Å². The Bertz CT molecular complexity index is 1710. The van der Waals surface area contributed by atoms with Gasteiger partial charge in [-0.1, -0.05) is 49.8 Å². The molecule has 1 amide bonds. The van der Waals surface area contributed by atoms with Gasteiger partial charge in [0.25, 0.3) is 5.91 Å². The number of hydrogen-bond acceptors (Lipinski definition) is 8. The lowest BCUT2D eigenvalue weighted by Gasteiger charge is -2.22. The van der Waals surface area contributed by atoms with Crippen molar-refractivity contribution in [3.63, 3.8) is 0 Å². The number of halogens is 7. The molecule has 2 atom stereocenters. The summed E-state index contributed by atoms with van der Waals surface area (Å²) in [5.41, 5.74) is 0.0149. The maximum atomic E-state index is 14.9. The second-order valence-corrected chi connectivity index (χ2v) is 10.5. The molecule has 4 rings (SSSR count). The molecule has 2 N–H and O–H groups in total. The molecule has 0 bridgehead atoms. The molecule has 4 aromatic rings. The van der Waals surface area contributed by atoms with E-state index in [4.69, 9.17) is 0 Å². The van der Waals surface area contributed by atoms with Crippen LogP contribution in [0.1, 0.15) is 36.2 Å². The van der Waals surface area contributed by atoms with Gasteiger partial charge in [-0.25, -0.2) is 19.0 Å². The van der Waals surface area contributed by atoms with Crippen LogP contribution in [-0.4, -0.2) is 40.0 Å².